The van der Waals surface area contributed by atoms with Gasteiger partial charge in [-0.25, -0.2) is 0 Å². The van der Waals surface area contributed by atoms with Crippen molar-refractivity contribution in [2.45, 2.75) is 112 Å². The highest BCUT2D eigenvalue weighted by atomic mass is 127. The van der Waals surface area contributed by atoms with E-state index in [1.165, 1.54) is 57.1 Å². The number of hydrazone groups is 1. The Morgan fingerprint density at radius 1 is 0.939 bits per heavy atom. The third kappa shape index (κ3) is 6.78. The van der Waals surface area contributed by atoms with Gasteiger partial charge in [-0.15, -0.1) is 0 Å². The zero-order valence-electron chi connectivity index (χ0n) is 19.5. The fourth-order valence-electron chi connectivity index (χ4n) is 6.66. The van der Waals surface area contributed by atoms with Crippen molar-refractivity contribution in [1.29, 1.82) is 0 Å². The maximum absolute atomic E-state index is 11.8. The van der Waals surface area contributed by atoms with E-state index in [2.05, 4.69) is 32.9 Å². The summed E-state index contributed by atoms with van der Waals surface area (Å²) >= 11 is 2.56. The Bertz CT molecular complexity index is 644. The Morgan fingerprint density at radius 3 is 2.39 bits per heavy atom. The Labute approximate surface area is 211 Å². The average Bonchev–Trinajstić information content (AvgIpc) is 2.82. The van der Waals surface area contributed by atoms with Gasteiger partial charge in [0.1, 0.15) is 0 Å². The third-order valence-corrected chi connectivity index (χ3v) is 9.86. The van der Waals surface area contributed by atoms with E-state index in [-0.39, 0.29) is 22.9 Å². The Kier molecular flexibility index (Phi) is 9.65. The summed E-state index contributed by atoms with van der Waals surface area (Å²) in [4.78, 5) is 2.67. The molecule has 0 spiro atoms. The molecule has 9 nitrogen and oxygen atoms in total. The molecule has 3 N–H and O–H groups in total. The minimum absolute atomic E-state index is 0.0684. The molecular weight excluding hydrogens is 537 g/mol. The molecule has 0 aromatic carbocycles. The van der Waals surface area contributed by atoms with Crippen LogP contribution in [0.4, 0.5) is 0 Å². The topological polar surface area (TPSA) is 121 Å². The normalized spacial score (nSPS) is 39.0. The van der Waals surface area contributed by atoms with Crippen LogP contribution in [0.15, 0.2) is 5.10 Å². The summed E-state index contributed by atoms with van der Waals surface area (Å²) in [5, 5.41) is 46.8. The maximum Gasteiger partial charge on any atom is 0.0608 e. The zero-order valence-corrected chi connectivity index (χ0v) is 21.7. The first kappa shape index (κ1) is 26.0. The highest BCUT2D eigenvalue weighted by molar-refractivity contribution is 14.1. The van der Waals surface area contributed by atoms with E-state index in [1.54, 1.807) is 0 Å². The molecule has 0 amide bonds. The Hall–Kier alpha value is -0.0800. The van der Waals surface area contributed by atoms with Gasteiger partial charge in [0.2, 0.25) is 0 Å². The van der Waals surface area contributed by atoms with Crippen LogP contribution < -0.4 is 5.43 Å². The number of rotatable bonds is 7. The van der Waals surface area contributed by atoms with Crippen LogP contribution in [0, 0.1) is 22.3 Å². The van der Waals surface area contributed by atoms with Gasteiger partial charge in [-0.2, -0.15) is 5.10 Å². The summed E-state index contributed by atoms with van der Waals surface area (Å²) in [6.07, 6.45) is 13.7. The molecule has 3 aliphatic carbocycles. The number of fused-ring (bicyclic) bond motifs is 1. The minimum Gasteiger partial charge on any atom is -0.762 e. The second-order valence-corrected chi connectivity index (χ2v) is 12.4. The van der Waals surface area contributed by atoms with Crippen LogP contribution in [0.2, 0.25) is 0 Å². The van der Waals surface area contributed by atoms with Crippen LogP contribution in [0.1, 0.15) is 83.5 Å². The van der Waals surface area contributed by atoms with E-state index in [1.807, 2.05) is 0 Å². The predicted molar refractivity (Wildman–Crippen MR) is 136 cm³/mol. The summed E-state index contributed by atoms with van der Waals surface area (Å²) in [6, 6.07) is -1.15. The summed E-state index contributed by atoms with van der Waals surface area (Å²) in [7, 11) is 0. The molecule has 3 saturated carbocycles. The molecule has 5 atom stereocenters. The molecule has 1 saturated heterocycles. The maximum atomic E-state index is 11.8. The quantitative estimate of drug-likeness (QED) is 0.178. The molecule has 0 radical (unpaired) electrons. The van der Waals surface area contributed by atoms with Crippen LogP contribution in [0.3, 0.4) is 0 Å². The second kappa shape index (κ2) is 12.2. The molecule has 190 valence electrons. The van der Waals surface area contributed by atoms with E-state index >= 15 is 0 Å². The number of hydrogen-bond acceptors (Lipinski definition) is 9. The molecule has 4 aliphatic rings. The van der Waals surface area contributed by atoms with E-state index in [0.717, 1.165) is 35.8 Å². The standard InChI is InChI=1S/C23H40IN5O4/c24-18-9-7-16(8-10-18)21(15-27-13-3-5-17-4-1-2-6-22(17)27)26-25-20-12-11-19(28(30)31)14-23(20)29(32)33/h16-20,22-23,25,30,32H,1-15H2/q-2. The first-order chi connectivity index (χ1) is 15.9. The van der Waals surface area contributed by atoms with Crippen molar-refractivity contribution in [2.75, 3.05) is 13.1 Å². The highest BCUT2D eigenvalue weighted by Crippen LogP contribution is 2.36. The molecule has 10 heteroatoms. The Morgan fingerprint density at radius 2 is 1.67 bits per heavy atom. The summed E-state index contributed by atoms with van der Waals surface area (Å²) < 4.78 is 0.738. The van der Waals surface area contributed by atoms with Crippen LogP contribution in [0.5, 0.6) is 0 Å². The van der Waals surface area contributed by atoms with Gasteiger partial charge in [-0.05, 0) is 83.1 Å². The lowest BCUT2D eigenvalue weighted by Gasteiger charge is -2.46. The lowest BCUT2D eigenvalue weighted by Crippen LogP contribution is -2.53. The van der Waals surface area contributed by atoms with Gasteiger partial charge in [-0.3, -0.25) is 15.4 Å². The molecule has 1 aliphatic heterocycles. The molecule has 4 rings (SSSR count). The first-order valence-corrected chi connectivity index (χ1v) is 14.2. The third-order valence-electron chi connectivity index (χ3n) is 8.61. The average molecular weight is 578 g/mol. The molecule has 5 unspecified atom stereocenters. The molecule has 33 heavy (non-hydrogen) atoms. The Balaban J connectivity index is 1.47. The van der Waals surface area contributed by atoms with Crippen LogP contribution >= 0.6 is 22.6 Å². The zero-order chi connectivity index (χ0) is 23.4. The van der Waals surface area contributed by atoms with E-state index in [0.29, 0.717) is 24.8 Å². The molecule has 4 fully saturated rings. The highest BCUT2D eigenvalue weighted by Gasteiger charge is 2.36. The minimum atomic E-state index is -0.805. The van der Waals surface area contributed by atoms with Crippen molar-refractivity contribution in [3.8, 4) is 0 Å². The number of hydrogen-bond donors (Lipinski definition) is 3. The number of nitrogens with zero attached hydrogens (tertiary/aromatic N) is 4. The van der Waals surface area contributed by atoms with Gasteiger partial charge in [0.05, 0.1) is 11.8 Å². The van der Waals surface area contributed by atoms with Gasteiger partial charge < -0.3 is 26.3 Å². The van der Waals surface area contributed by atoms with Gasteiger partial charge in [0.15, 0.2) is 0 Å². The van der Waals surface area contributed by atoms with Crippen molar-refractivity contribution in [3.63, 3.8) is 0 Å². The van der Waals surface area contributed by atoms with Gasteiger partial charge in [-0.1, -0.05) is 35.4 Å². The van der Waals surface area contributed by atoms with Crippen LogP contribution in [0.25, 0.3) is 0 Å². The second-order valence-electron chi connectivity index (χ2n) is 10.7. The molecule has 0 aromatic heterocycles. The van der Waals surface area contributed by atoms with Crippen LogP contribution in [-0.2, 0) is 0 Å². The van der Waals surface area contributed by atoms with Crippen molar-refractivity contribution in [1.82, 2.24) is 20.8 Å². The van der Waals surface area contributed by atoms with Gasteiger partial charge >= 0.3 is 0 Å². The monoisotopic (exact) mass is 577 g/mol. The fraction of sp³-hybridized carbons (Fsp3) is 0.957. The molecule has 0 aromatic rings. The largest absolute Gasteiger partial charge is 0.762 e. The van der Waals surface area contributed by atoms with Gasteiger partial charge in [0, 0.05) is 34.5 Å². The number of hydroxylamine groups is 4. The van der Waals surface area contributed by atoms with Crippen LogP contribution in [-0.4, -0.2) is 72.7 Å². The van der Waals surface area contributed by atoms with Gasteiger partial charge in [0.25, 0.3) is 0 Å². The van der Waals surface area contributed by atoms with Crippen molar-refractivity contribution < 1.29 is 10.4 Å². The first-order valence-electron chi connectivity index (χ1n) is 12.9. The summed E-state index contributed by atoms with van der Waals surface area (Å²) in [5.74, 6) is 1.28. The molecule has 0 bridgehead atoms. The lowest BCUT2D eigenvalue weighted by atomic mass is 9.77. The number of alkyl halides is 1. The van der Waals surface area contributed by atoms with Crippen molar-refractivity contribution >= 4 is 28.3 Å². The number of nitrogens with one attached hydrogen (secondary N) is 1. The molecular formula is C23H40IN5O4-2. The number of piperidine rings is 1. The summed E-state index contributed by atoms with van der Waals surface area (Å²) in [6.45, 7) is 2.02. The van der Waals surface area contributed by atoms with E-state index in [4.69, 9.17) is 5.10 Å². The lowest BCUT2D eigenvalue weighted by molar-refractivity contribution is -0.137. The number of likely N-dealkylation sites (tertiary alicyclic amines) is 1. The predicted octanol–water partition coefficient (Wildman–Crippen LogP) is 4.25. The van der Waals surface area contributed by atoms with Crippen molar-refractivity contribution in [2.24, 2.45) is 16.9 Å². The van der Waals surface area contributed by atoms with E-state index < -0.39 is 12.1 Å². The fourth-order valence-corrected chi connectivity index (χ4v) is 7.38. The van der Waals surface area contributed by atoms with E-state index in [9.17, 15) is 20.8 Å². The smallest absolute Gasteiger partial charge is 0.0608 e. The summed E-state index contributed by atoms with van der Waals surface area (Å²) in [5.41, 5.74) is 4.43. The molecule has 1 heterocycles. The SMILES string of the molecule is [O-]N(O)C1CCC(NN=C(CN2CCCC3CCCCC32)C2CCC(I)CC2)C(N([O-])O)C1. The number of halogens is 1. The van der Waals surface area contributed by atoms with Crippen molar-refractivity contribution in [3.05, 3.63) is 10.4 Å².